The predicted molar refractivity (Wildman–Crippen MR) is 74.3 cm³/mol. The maximum absolute atomic E-state index is 13.3. The number of rotatable bonds is 4. The summed E-state index contributed by atoms with van der Waals surface area (Å²) in [5.74, 6) is -1.01. The van der Waals surface area contributed by atoms with Crippen LogP contribution in [-0.4, -0.2) is 11.7 Å². The molecule has 106 valence electrons. The minimum Gasteiger partial charge on any atom is -0.388 e. The summed E-state index contributed by atoms with van der Waals surface area (Å²) in [5, 5.41) is 10.4. The highest BCUT2D eigenvalue weighted by molar-refractivity contribution is 5.30. The molecule has 0 amide bonds. The molecule has 0 saturated heterocycles. The Balaban J connectivity index is 2.30. The molecule has 3 N–H and O–H groups in total. The maximum atomic E-state index is 13.3. The van der Waals surface area contributed by atoms with Crippen LogP contribution in [0.15, 0.2) is 42.5 Å². The Morgan fingerprint density at radius 3 is 2.20 bits per heavy atom. The van der Waals surface area contributed by atoms with Crippen LogP contribution in [0.5, 0.6) is 0 Å². The van der Waals surface area contributed by atoms with Gasteiger partial charge >= 0.3 is 0 Å². The third kappa shape index (κ3) is 3.03. The minimum absolute atomic E-state index is 0.212. The summed E-state index contributed by atoms with van der Waals surface area (Å²) in [7, 11) is 0. The molecular weight excluding hydrogens is 260 g/mol. The Morgan fingerprint density at radius 1 is 1.05 bits per heavy atom. The number of halogens is 2. The van der Waals surface area contributed by atoms with Gasteiger partial charge in [-0.05, 0) is 41.8 Å². The van der Waals surface area contributed by atoms with Crippen molar-refractivity contribution in [1.29, 1.82) is 0 Å². The van der Waals surface area contributed by atoms with Gasteiger partial charge in [-0.2, -0.15) is 0 Å². The van der Waals surface area contributed by atoms with Crippen LogP contribution in [-0.2, 0) is 0 Å². The van der Waals surface area contributed by atoms with Gasteiger partial charge in [0.15, 0.2) is 0 Å². The molecule has 20 heavy (non-hydrogen) atoms. The largest absolute Gasteiger partial charge is 0.388 e. The molecule has 0 aliphatic rings. The number of nitrogens with two attached hydrogens (primary N) is 1. The first-order valence-electron chi connectivity index (χ1n) is 6.42. The van der Waals surface area contributed by atoms with E-state index >= 15 is 0 Å². The van der Waals surface area contributed by atoms with Gasteiger partial charge in [0.25, 0.3) is 0 Å². The highest BCUT2D eigenvalue weighted by atomic mass is 19.1. The maximum Gasteiger partial charge on any atom is 0.126 e. The van der Waals surface area contributed by atoms with E-state index in [4.69, 9.17) is 5.73 Å². The van der Waals surface area contributed by atoms with Gasteiger partial charge in [0.2, 0.25) is 0 Å². The molecule has 2 aromatic rings. The summed E-state index contributed by atoms with van der Waals surface area (Å²) in [6.07, 6.45) is -0.857. The van der Waals surface area contributed by atoms with E-state index in [1.165, 1.54) is 18.2 Å². The molecular formula is C16H17F2NO. The van der Waals surface area contributed by atoms with Gasteiger partial charge < -0.3 is 10.8 Å². The molecule has 0 radical (unpaired) electrons. The molecule has 0 aliphatic carbocycles. The minimum atomic E-state index is -0.857. The first kappa shape index (κ1) is 14.6. The number of aliphatic hydroxyl groups excluding tert-OH is 1. The molecule has 4 heteroatoms. The molecule has 2 unspecified atom stereocenters. The van der Waals surface area contributed by atoms with Crippen molar-refractivity contribution in [3.63, 3.8) is 0 Å². The van der Waals surface area contributed by atoms with Crippen LogP contribution < -0.4 is 5.73 Å². The van der Waals surface area contributed by atoms with Crippen LogP contribution in [0.25, 0.3) is 0 Å². The highest BCUT2D eigenvalue weighted by Crippen LogP contribution is 2.31. The van der Waals surface area contributed by atoms with Gasteiger partial charge in [0, 0.05) is 12.5 Å². The standard InChI is InChI=1S/C16H17F2NO/c1-10-8-12(4-7-15(10)18)16(20)14(9-19)11-2-5-13(17)6-3-11/h2-8,14,16,20H,9,19H2,1H3. The van der Waals surface area contributed by atoms with Gasteiger partial charge in [0.05, 0.1) is 6.10 Å². The molecule has 0 bridgehead atoms. The number of aliphatic hydroxyl groups is 1. The van der Waals surface area contributed by atoms with E-state index in [-0.39, 0.29) is 24.1 Å². The fourth-order valence-electron chi connectivity index (χ4n) is 2.24. The van der Waals surface area contributed by atoms with Crippen LogP contribution in [0, 0.1) is 18.6 Å². The number of aryl methyl sites for hydroxylation is 1. The fraction of sp³-hybridized carbons (Fsp3) is 0.250. The topological polar surface area (TPSA) is 46.2 Å². The summed E-state index contributed by atoms with van der Waals surface area (Å²) in [6, 6.07) is 10.3. The molecule has 0 fully saturated rings. The van der Waals surface area contributed by atoms with Crippen molar-refractivity contribution in [2.45, 2.75) is 18.9 Å². The Morgan fingerprint density at radius 2 is 1.65 bits per heavy atom. The summed E-state index contributed by atoms with van der Waals surface area (Å²) in [4.78, 5) is 0. The molecule has 2 nitrogen and oxygen atoms in total. The van der Waals surface area contributed by atoms with Crippen molar-refractivity contribution < 1.29 is 13.9 Å². The second kappa shape index (κ2) is 6.11. The quantitative estimate of drug-likeness (QED) is 0.902. The zero-order valence-corrected chi connectivity index (χ0v) is 11.2. The van der Waals surface area contributed by atoms with Crippen LogP contribution in [0.3, 0.4) is 0 Å². The monoisotopic (exact) mass is 277 g/mol. The Kier molecular flexibility index (Phi) is 4.47. The second-order valence-electron chi connectivity index (χ2n) is 4.85. The smallest absolute Gasteiger partial charge is 0.126 e. The Bertz CT molecular complexity index is 584. The molecule has 2 aromatic carbocycles. The van der Waals surface area contributed by atoms with E-state index in [9.17, 15) is 13.9 Å². The lowest BCUT2D eigenvalue weighted by atomic mass is 9.88. The second-order valence-corrected chi connectivity index (χ2v) is 4.85. The van der Waals surface area contributed by atoms with Gasteiger partial charge in [-0.3, -0.25) is 0 Å². The molecule has 0 heterocycles. The van der Waals surface area contributed by atoms with E-state index in [0.717, 1.165) is 5.56 Å². The van der Waals surface area contributed by atoms with E-state index in [1.807, 2.05) is 0 Å². The lowest BCUT2D eigenvalue weighted by molar-refractivity contribution is 0.147. The molecule has 0 saturated carbocycles. The predicted octanol–water partition coefficient (Wildman–Crippen LogP) is 3.05. The Labute approximate surface area is 116 Å². The van der Waals surface area contributed by atoms with E-state index in [2.05, 4.69) is 0 Å². The van der Waals surface area contributed by atoms with Gasteiger partial charge in [0.1, 0.15) is 11.6 Å². The summed E-state index contributed by atoms with van der Waals surface area (Å²) < 4.78 is 26.2. The Hall–Kier alpha value is -1.78. The lowest BCUT2D eigenvalue weighted by Gasteiger charge is -2.22. The summed E-state index contributed by atoms with van der Waals surface area (Å²) in [6.45, 7) is 1.85. The van der Waals surface area contributed by atoms with Crippen LogP contribution in [0.2, 0.25) is 0 Å². The van der Waals surface area contributed by atoms with Crippen LogP contribution in [0.4, 0.5) is 8.78 Å². The first-order valence-corrected chi connectivity index (χ1v) is 6.42. The molecule has 0 aromatic heterocycles. The zero-order valence-electron chi connectivity index (χ0n) is 11.2. The van der Waals surface area contributed by atoms with E-state index in [1.54, 1.807) is 31.2 Å². The number of hydrogen-bond acceptors (Lipinski definition) is 2. The molecule has 0 spiro atoms. The van der Waals surface area contributed by atoms with Gasteiger partial charge in [-0.25, -0.2) is 8.78 Å². The van der Waals surface area contributed by atoms with E-state index < -0.39 is 6.10 Å². The fourth-order valence-corrected chi connectivity index (χ4v) is 2.24. The van der Waals surface area contributed by atoms with Crippen molar-refractivity contribution in [2.24, 2.45) is 5.73 Å². The van der Waals surface area contributed by atoms with Crippen molar-refractivity contribution in [1.82, 2.24) is 0 Å². The van der Waals surface area contributed by atoms with Crippen molar-refractivity contribution in [3.05, 3.63) is 70.8 Å². The van der Waals surface area contributed by atoms with Crippen LogP contribution in [0.1, 0.15) is 28.7 Å². The van der Waals surface area contributed by atoms with Crippen molar-refractivity contribution in [3.8, 4) is 0 Å². The zero-order chi connectivity index (χ0) is 14.7. The first-order chi connectivity index (χ1) is 9.52. The van der Waals surface area contributed by atoms with E-state index in [0.29, 0.717) is 11.1 Å². The SMILES string of the molecule is Cc1cc(C(O)C(CN)c2ccc(F)cc2)ccc1F. The average molecular weight is 277 g/mol. The number of hydrogen-bond donors (Lipinski definition) is 2. The molecule has 2 rings (SSSR count). The third-order valence-corrected chi connectivity index (χ3v) is 3.46. The summed E-state index contributed by atoms with van der Waals surface area (Å²) in [5.41, 5.74) is 7.54. The number of benzene rings is 2. The third-order valence-electron chi connectivity index (χ3n) is 3.46. The van der Waals surface area contributed by atoms with Gasteiger partial charge in [-0.1, -0.05) is 24.3 Å². The van der Waals surface area contributed by atoms with Crippen LogP contribution >= 0.6 is 0 Å². The van der Waals surface area contributed by atoms with Gasteiger partial charge in [-0.15, -0.1) is 0 Å². The highest BCUT2D eigenvalue weighted by Gasteiger charge is 2.22. The van der Waals surface area contributed by atoms with Crippen molar-refractivity contribution >= 4 is 0 Å². The van der Waals surface area contributed by atoms with Crippen molar-refractivity contribution in [2.75, 3.05) is 6.54 Å². The normalized spacial score (nSPS) is 14.1. The molecule has 0 aliphatic heterocycles. The lowest BCUT2D eigenvalue weighted by Crippen LogP contribution is -2.20. The molecule has 2 atom stereocenters. The summed E-state index contributed by atoms with van der Waals surface area (Å²) >= 11 is 0. The average Bonchev–Trinajstić information content (AvgIpc) is 2.44.